The van der Waals surface area contributed by atoms with Gasteiger partial charge < -0.3 is 4.90 Å². The van der Waals surface area contributed by atoms with E-state index in [4.69, 9.17) is 0 Å². The van der Waals surface area contributed by atoms with Gasteiger partial charge in [-0.25, -0.2) is 0 Å². The summed E-state index contributed by atoms with van der Waals surface area (Å²) < 4.78 is 0. The molecule has 1 N–H and O–H groups in total. The summed E-state index contributed by atoms with van der Waals surface area (Å²) in [5.74, 6) is 0.183. The Kier molecular flexibility index (Phi) is 2.04. The van der Waals surface area contributed by atoms with Crippen molar-refractivity contribution < 1.29 is 4.79 Å². The Hall–Kier alpha value is -1.32. The first-order valence-electron chi connectivity index (χ1n) is 4.65. The summed E-state index contributed by atoms with van der Waals surface area (Å²) in [7, 11) is 0. The number of H-pyrrole nitrogens is 1. The monoisotopic (exact) mass is 179 g/mol. The average molecular weight is 179 g/mol. The molecule has 0 aliphatic carbocycles. The normalized spacial score (nSPS) is 15.6. The van der Waals surface area contributed by atoms with E-state index in [9.17, 15) is 4.79 Å². The fourth-order valence-electron chi connectivity index (χ4n) is 1.71. The van der Waals surface area contributed by atoms with Crippen molar-refractivity contribution in [2.45, 2.75) is 26.2 Å². The van der Waals surface area contributed by atoms with E-state index in [1.807, 2.05) is 11.8 Å². The largest absolute Gasteiger partial charge is 0.309 e. The number of hydrogen-bond donors (Lipinski definition) is 1. The average Bonchev–Trinajstić information content (AvgIpc) is 2.63. The van der Waals surface area contributed by atoms with Crippen LogP contribution in [0.1, 0.15) is 25.5 Å². The summed E-state index contributed by atoms with van der Waals surface area (Å²) in [5, 5.41) is 6.87. The molecule has 1 aliphatic rings. The van der Waals surface area contributed by atoms with E-state index in [2.05, 4.69) is 10.2 Å². The SMILES string of the molecule is CCC(=O)N1CCCc2[nH]ncc21. The van der Waals surface area contributed by atoms with Gasteiger partial charge in [-0.05, 0) is 12.8 Å². The van der Waals surface area contributed by atoms with Crippen LogP contribution in [-0.2, 0) is 11.2 Å². The summed E-state index contributed by atoms with van der Waals surface area (Å²) >= 11 is 0. The van der Waals surface area contributed by atoms with Crippen molar-refractivity contribution in [2.75, 3.05) is 11.4 Å². The molecule has 0 aromatic carbocycles. The highest BCUT2D eigenvalue weighted by molar-refractivity contribution is 5.93. The minimum atomic E-state index is 0.183. The molecule has 0 saturated carbocycles. The van der Waals surface area contributed by atoms with Gasteiger partial charge in [-0.1, -0.05) is 6.92 Å². The van der Waals surface area contributed by atoms with Crippen LogP contribution in [0.4, 0.5) is 5.69 Å². The molecule has 0 fully saturated rings. The predicted molar refractivity (Wildman–Crippen MR) is 49.6 cm³/mol. The first-order chi connectivity index (χ1) is 6.33. The zero-order valence-electron chi connectivity index (χ0n) is 7.71. The van der Waals surface area contributed by atoms with Crippen molar-refractivity contribution in [2.24, 2.45) is 0 Å². The van der Waals surface area contributed by atoms with Crippen molar-refractivity contribution in [3.05, 3.63) is 11.9 Å². The summed E-state index contributed by atoms with van der Waals surface area (Å²) in [6.45, 7) is 2.72. The second kappa shape index (κ2) is 3.20. The molecule has 2 heterocycles. The number of anilines is 1. The van der Waals surface area contributed by atoms with Crippen LogP contribution >= 0.6 is 0 Å². The van der Waals surface area contributed by atoms with Crippen LogP contribution in [0.25, 0.3) is 0 Å². The molecule has 4 heteroatoms. The van der Waals surface area contributed by atoms with Gasteiger partial charge in [0, 0.05) is 13.0 Å². The molecular weight excluding hydrogens is 166 g/mol. The van der Waals surface area contributed by atoms with Gasteiger partial charge in [-0.2, -0.15) is 5.10 Å². The van der Waals surface area contributed by atoms with Gasteiger partial charge in [-0.15, -0.1) is 0 Å². The predicted octanol–water partition coefficient (Wildman–Crippen LogP) is 1.10. The van der Waals surface area contributed by atoms with Crippen molar-refractivity contribution in [1.29, 1.82) is 0 Å². The number of carbonyl (C=O) groups is 1. The minimum absolute atomic E-state index is 0.183. The zero-order valence-corrected chi connectivity index (χ0v) is 7.71. The van der Waals surface area contributed by atoms with Crippen molar-refractivity contribution >= 4 is 11.6 Å². The highest BCUT2D eigenvalue weighted by Gasteiger charge is 2.22. The molecule has 1 aromatic rings. The third kappa shape index (κ3) is 1.32. The van der Waals surface area contributed by atoms with Crippen molar-refractivity contribution in [3.8, 4) is 0 Å². The van der Waals surface area contributed by atoms with Gasteiger partial charge in [0.15, 0.2) is 0 Å². The number of nitrogens with one attached hydrogen (secondary N) is 1. The minimum Gasteiger partial charge on any atom is -0.309 e. The molecule has 0 radical (unpaired) electrons. The molecule has 0 bridgehead atoms. The standard InChI is InChI=1S/C9H13N3O/c1-2-9(13)12-5-3-4-7-8(12)6-10-11-7/h6H,2-5H2,1H3,(H,10,11). The Balaban J connectivity index is 2.30. The lowest BCUT2D eigenvalue weighted by Gasteiger charge is -2.25. The van der Waals surface area contributed by atoms with E-state index >= 15 is 0 Å². The van der Waals surface area contributed by atoms with Gasteiger partial charge in [0.05, 0.1) is 17.6 Å². The Labute approximate surface area is 76.9 Å². The van der Waals surface area contributed by atoms with Gasteiger partial charge in [0.2, 0.25) is 5.91 Å². The van der Waals surface area contributed by atoms with Gasteiger partial charge >= 0.3 is 0 Å². The van der Waals surface area contributed by atoms with Crippen molar-refractivity contribution in [1.82, 2.24) is 10.2 Å². The zero-order chi connectivity index (χ0) is 9.26. The highest BCUT2D eigenvalue weighted by Crippen LogP contribution is 2.24. The Morgan fingerprint density at radius 3 is 3.38 bits per heavy atom. The number of aromatic nitrogens is 2. The van der Waals surface area contributed by atoms with E-state index in [-0.39, 0.29) is 5.91 Å². The van der Waals surface area contributed by atoms with Crippen LogP contribution in [0.2, 0.25) is 0 Å². The van der Waals surface area contributed by atoms with Crippen LogP contribution in [0, 0.1) is 0 Å². The maximum Gasteiger partial charge on any atom is 0.226 e. The van der Waals surface area contributed by atoms with Crippen LogP contribution in [0.15, 0.2) is 6.20 Å². The summed E-state index contributed by atoms with van der Waals surface area (Å²) in [5.41, 5.74) is 2.06. The van der Waals surface area contributed by atoms with E-state index < -0.39 is 0 Å². The molecule has 1 aromatic heterocycles. The third-order valence-corrected chi connectivity index (χ3v) is 2.40. The van der Waals surface area contributed by atoms with E-state index in [0.29, 0.717) is 6.42 Å². The lowest BCUT2D eigenvalue weighted by Crippen LogP contribution is -2.34. The second-order valence-electron chi connectivity index (χ2n) is 3.24. The van der Waals surface area contributed by atoms with E-state index in [1.165, 1.54) is 0 Å². The molecule has 2 rings (SSSR count). The summed E-state index contributed by atoms with van der Waals surface area (Å²) in [4.78, 5) is 13.3. The Morgan fingerprint density at radius 1 is 1.77 bits per heavy atom. The van der Waals surface area contributed by atoms with E-state index in [0.717, 1.165) is 30.8 Å². The maximum absolute atomic E-state index is 11.5. The second-order valence-corrected chi connectivity index (χ2v) is 3.24. The number of carbonyl (C=O) groups excluding carboxylic acids is 1. The number of amides is 1. The highest BCUT2D eigenvalue weighted by atomic mass is 16.2. The molecule has 0 spiro atoms. The van der Waals surface area contributed by atoms with E-state index in [1.54, 1.807) is 6.20 Å². The quantitative estimate of drug-likeness (QED) is 0.701. The molecule has 13 heavy (non-hydrogen) atoms. The fraction of sp³-hybridized carbons (Fsp3) is 0.556. The fourth-order valence-corrected chi connectivity index (χ4v) is 1.71. The molecular formula is C9H13N3O. The molecule has 1 aliphatic heterocycles. The van der Waals surface area contributed by atoms with Crippen LogP contribution in [-0.4, -0.2) is 22.6 Å². The maximum atomic E-state index is 11.5. The number of fused-ring (bicyclic) bond motifs is 1. The molecule has 0 unspecified atom stereocenters. The molecule has 0 atom stereocenters. The van der Waals surface area contributed by atoms with Crippen LogP contribution in [0.3, 0.4) is 0 Å². The lowest BCUT2D eigenvalue weighted by atomic mass is 10.1. The smallest absolute Gasteiger partial charge is 0.226 e. The Bertz CT molecular complexity index is 318. The molecule has 4 nitrogen and oxygen atoms in total. The first-order valence-corrected chi connectivity index (χ1v) is 4.65. The summed E-state index contributed by atoms with van der Waals surface area (Å²) in [6, 6.07) is 0. The number of aryl methyl sites for hydroxylation is 1. The lowest BCUT2D eigenvalue weighted by molar-refractivity contribution is -0.118. The summed E-state index contributed by atoms with van der Waals surface area (Å²) in [6.07, 6.45) is 4.33. The number of hydrogen-bond acceptors (Lipinski definition) is 2. The third-order valence-electron chi connectivity index (χ3n) is 2.40. The molecule has 70 valence electrons. The first kappa shape index (κ1) is 8.29. The molecule has 1 amide bonds. The van der Waals surface area contributed by atoms with Gasteiger partial charge in [0.25, 0.3) is 0 Å². The number of rotatable bonds is 1. The van der Waals surface area contributed by atoms with Crippen LogP contribution < -0.4 is 4.90 Å². The number of nitrogens with zero attached hydrogens (tertiary/aromatic N) is 2. The number of aromatic amines is 1. The topological polar surface area (TPSA) is 49.0 Å². The van der Waals surface area contributed by atoms with Crippen molar-refractivity contribution in [3.63, 3.8) is 0 Å². The van der Waals surface area contributed by atoms with Gasteiger partial charge in [-0.3, -0.25) is 9.89 Å². The molecule has 0 saturated heterocycles. The van der Waals surface area contributed by atoms with Crippen LogP contribution in [0.5, 0.6) is 0 Å². The Morgan fingerprint density at radius 2 is 2.62 bits per heavy atom. The van der Waals surface area contributed by atoms with Gasteiger partial charge in [0.1, 0.15) is 0 Å².